The van der Waals surface area contributed by atoms with Crippen molar-refractivity contribution >= 4 is 28.2 Å². The number of ether oxygens (including phenoxy) is 1. The lowest BCUT2D eigenvalue weighted by Gasteiger charge is -2.16. The van der Waals surface area contributed by atoms with Crippen LogP contribution >= 0.6 is 11.3 Å². The predicted molar refractivity (Wildman–Crippen MR) is 81.4 cm³/mol. The van der Waals surface area contributed by atoms with Crippen molar-refractivity contribution in [3.63, 3.8) is 0 Å². The molecule has 2 rings (SSSR count). The summed E-state index contributed by atoms with van der Waals surface area (Å²) < 4.78 is 5.54. The Balaban J connectivity index is 1.85. The van der Waals surface area contributed by atoms with E-state index in [4.69, 9.17) is 10.5 Å². The zero-order chi connectivity index (χ0) is 14.7. The number of nitrogens with zero attached hydrogens (tertiary/aromatic N) is 3. The van der Waals surface area contributed by atoms with Crippen molar-refractivity contribution in [1.82, 2.24) is 9.88 Å². The Kier molecular flexibility index (Phi) is 4.82. The van der Waals surface area contributed by atoms with E-state index >= 15 is 0 Å². The van der Waals surface area contributed by atoms with Gasteiger partial charge in [0.1, 0.15) is 10.7 Å². The molecule has 1 aliphatic carbocycles. The molecule has 7 heteroatoms. The van der Waals surface area contributed by atoms with Crippen LogP contribution in [0.15, 0.2) is 0 Å². The monoisotopic (exact) mass is 298 g/mol. The minimum Gasteiger partial charge on any atom is -0.382 e. The fraction of sp³-hybridized carbons (Fsp3) is 0.692. The van der Waals surface area contributed by atoms with E-state index in [9.17, 15) is 4.79 Å². The predicted octanol–water partition coefficient (Wildman–Crippen LogP) is 1.29. The van der Waals surface area contributed by atoms with Gasteiger partial charge in [-0.05, 0) is 18.8 Å². The van der Waals surface area contributed by atoms with Gasteiger partial charge in [0.15, 0.2) is 5.13 Å². The van der Waals surface area contributed by atoms with Crippen LogP contribution in [-0.2, 0) is 4.74 Å². The zero-order valence-corrected chi connectivity index (χ0v) is 13.1. The van der Waals surface area contributed by atoms with Crippen LogP contribution in [0.2, 0.25) is 0 Å². The quantitative estimate of drug-likeness (QED) is 0.768. The maximum absolute atomic E-state index is 12.3. The average molecular weight is 298 g/mol. The molecular formula is C13H22N4O2S. The molecule has 1 saturated carbocycles. The first-order chi connectivity index (χ1) is 9.49. The van der Waals surface area contributed by atoms with Crippen molar-refractivity contribution in [2.75, 3.05) is 51.5 Å². The molecule has 0 aromatic carbocycles. The van der Waals surface area contributed by atoms with Crippen molar-refractivity contribution in [2.45, 2.75) is 12.8 Å². The highest BCUT2D eigenvalue weighted by Crippen LogP contribution is 2.29. The van der Waals surface area contributed by atoms with Gasteiger partial charge in [-0.1, -0.05) is 11.3 Å². The maximum Gasteiger partial charge on any atom is 0.267 e. The summed E-state index contributed by atoms with van der Waals surface area (Å²) in [6.07, 6.45) is 2.55. The SMILES string of the molecule is CN(CCOCC1CC1)C(=O)c1sc(N(C)C)nc1N. The van der Waals surface area contributed by atoms with Crippen LogP contribution in [-0.4, -0.2) is 56.7 Å². The molecular weight excluding hydrogens is 276 g/mol. The van der Waals surface area contributed by atoms with E-state index < -0.39 is 0 Å². The molecule has 1 aromatic heterocycles. The lowest BCUT2D eigenvalue weighted by atomic mass is 10.4. The number of hydrogen-bond acceptors (Lipinski definition) is 6. The van der Waals surface area contributed by atoms with E-state index in [2.05, 4.69) is 4.98 Å². The smallest absolute Gasteiger partial charge is 0.267 e. The number of rotatable bonds is 7. The molecule has 1 heterocycles. The topological polar surface area (TPSA) is 71.7 Å². The summed E-state index contributed by atoms with van der Waals surface area (Å²) in [5, 5.41) is 0.740. The van der Waals surface area contributed by atoms with Crippen LogP contribution in [0.4, 0.5) is 10.9 Å². The molecule has 2 N–H and O–H groups in total. The van der Waals surface area contributed by atoms with Gasteiger partial charge in [-0.15, -0.1) is 0 Å². The van der Waals surface area contributed by atoms with Gasteiger partial charge in [-0.3, -0.25) is 4.79 Å². The molecule has 1 aromatic rings. The second-order valence-electron chi connectivity index (χ2n) is 5.35. The minimum absolute atomic E-state index is 0.0943. The molecule has 0 aliphatic heterocycles. The first kappa shape index (κ1) is 15.1. The first-order valence-corrected chi connectivity index (χ1v) is 7.57. The highest BCUT2D eigenvalue weighted by Gasteiger charge is 2.22. The standard InChI is InChI=1S/C13H22N4O2S/c1-16(2)13-15-11(14)10(20-13)12(18)17(3)6-7-19-8-9-4-5-9/h9H,4-8,14H2,1-3H3. The van der Waals surface area contributed by atoms with Crippen LogP contribution in [0.1, 0.15) is 22.5 Å². The van der Waals surface area contributed by atoms with Gasteiger partial charge < -0.3 is 20.3 Å². The van der Waals surface area contributed by atoms with Crippen LogP contribution in [0.25, 0.3) is 0 Å². The Bertz CT molecular complexity index is 471. The van der Waals surface area contributed by atoms with Gasteiger partial charge in [-0.2, -0.15) is 0 Å². The molecule has 1 aliphatic rings. The number of amides is 1. The highest BCUT2D eigenvalue weighted by molar-refractivity contribution is 7.18. The van der Waals surface area contributed by atoms with Crippen molar-refractivity contribution in [3.05, 3.63) is 4.88 Å². The summed E-state index contributed by atoms with van der Waals surface area (Å²) in [6, 6.07) is 0. The average Bonchev–Trinajstić information content (AvgIpc) is 3.14. The number of likely N-dealkylation sites (N-methyl/N-ethyl adjacent to an activating group) is 1. The van der Waals surface area contributed by atoms with E-state index in [0.29, 0.717) is 23.8 Å². The molecule has 0 spiro atoms. The van der Waals surface area contributed by atoms with E-state index in [0.717, 1.165) is 17.7 Å². The summed E-state index contributed by atoms with van der Waals surface area (Å²) in [6.45, 7) is 1.95. The Hall–Kier alpha value is -1.34. The number of aromatic nitrogens is 1. The fourth-order valence-corrected chi connectivity index (χ4v) is 2.58. The highest BCUT2D eigenvalue weighted by atomic mass is 32.1. The molecule has 20 heavy (non-hydrogen) atoms. The van der Waals surface area contributed by atoms with Gasteiger partial charge in [0, 0.05) is 34.3 Å². The van der Waals surface area contributed by atoms with Crippen LogP contribution in [0.3, 0.4) is 0 Å². The van der Waals surface area contributed by atoms with Gasteiger partial charge in [-0.25, -0.2) is 4.98 Å². The zero-order valence-electron chi connectivity index (χ0n) is 12.3. The van der Waals surface area contributed by atoms with Crippen molar-refractivity contribution in [3.8, 4) is 0 Å². The molecule has 0 saturated heterocycles. The minimum atomic E-state index is -0.0943. The number of nitrogen functional groups attached to an aromatic ring is 1. The second-order valence-corrected chi connectivity index (χ2v) is 6.33. The van der Waals surface area contributed by atoms with Gasteiger partial charge in [0.25, 0.3) is 5.91 Å². The Labute approximate surface area is 123 Å². The summed E-state index contributed by atoms with van der Waals surface area (Å²) in [5.41, 5.74) is 5.81. The molecule has 1 amide bonds. The number of carbonyl (C=O) groups is 1. The third-order valence-electron chi connectivity index (χ3n) is 3.19. The molecule has 0 radical (unpaired) electrons. The maximum atomic E-state index is 12.3. The van der Waals surface area contributed by atoms with Crippen LogP contribution < -0.4 is 10.6 Å². The third-order valence-corrected chi connectivity index (χ3v) is 4.41. The van der Waals surface area contributed by atoms with Crippen molar-refractivity contribution in [1.29, 1.82) is 0 Å². The molecule has 0 unspecified atom stereocenters. The van der Waals surface area contributed by atoms with E-state index in [1.165, 1.54) is 24.2 Å². The Morgan fingerprint density at radius 2 is 2.15 bits per heavy atom. The lowest BCUT2D eigenvalue weighted by Crippen LogP contribution is -2.30. The third kappa shape index (κ3) is 3.83. The molecule has 1 fully saturated rings. The Morgan fingerprint density at radius 1 is 1.45 bits per heavy atom. The van der Waals surface area contributed by atoms with E-state index in [1.807, 2.05) is 19.0 Å². The van der Waals surface area contributed by atoms with E-state index in [-0.39, 0.29) is 5.91 Å². The lowest BCUT2D eigenvalue weighted by molar-refractivity contribution is 0.0686. The van der Waals surface area contributed by atoms with Crippen molar-refractivity contribution < 1.29 is 9.53 Å². The largest absolute Gasteiger partial charge is 0.382 e. The number of anilines is 2. The molecule has 0 atom stereocenters. The van der Waals surface area contributed by atoms with Gasteiger partial charge >= 0.3 is 0 Å². The fourth-order valence-electron chi connectivity index (χ4n) is 1.68. The van der Waals surface area contributed by atoms with Crippen LogP contribution in [0, 0.1) is 5.92 Å². The summed E-state index contributed by atoms with van der Waals surface area (Å²) in [7, 11) is 5.52. The number of nitrogens with two attached hydrogens (primary N) is 1. The number of hydrogen-bond donors (Lipinski definition) is 1. The van der Waals surface area contributed by atoms with Gasteiger partial charge in [0.05, 0.1) is 6.61 Å². The van der Waals surface area contributed by atoms with E-state index in [1.54, 1.807) is 11.9 Å². The van der Waals surface area contributed by atoms with Crippen LogP contribution in [0.5, 0.6) is 0 Å². The summed E-state index contributed by atoms with van der Waals surface area (Å²) in [4.78, 5) is 20.4. The summed E-state index contributed by atoms with van der Waals surface area (Å²) >= 11 is 1.32. The first-order valence-electron chi connectivity index (χ1n) is 6.76. The Morgan fingerprint density at radius 3 is 2.70 bits per heavy atom. The molecule has 6 nitrogen and oxygen atoms in total. The summed E-state index contributed by atoms with van der Waals surface area (Å²) in [5.74, 6) is 0.952. The number of thiazole rings is 1. The molecule has 112 valence electrons. The number of carbonyl (C=O) groups excluding carboxylic acids is 1. The van der Waals surface area contributed by atoms with Crippen molar-refractivity contribution in [2.24, 2.45) is 5.92 Å². The second kappa shape index (κ2) is 6.41. The van der Waals surface area contributed by atoms with Gasteiger partial charge in [0.2, 0.25) is 0 Å². The molecule has 0 bridgehead atoms. The normalized spacial score (nSPS) is 14.3.